The van der Waals surface area contributed by atoms with Crippen molar-refractivity contribution in [3.8, 4) is 11.3 Å². The standard InChI is InChI=1S/C18H14F2N4OS/c19-12-4-6-15(16(20)9-12)17-7-5-14(25-17)10-23-24(18(21)26)11-13-3-1-2-8-22-13/h1-10H,11H2,(H2,21,26). The van der Waals surface area contributed by atoms with E-state index in [1.54, 1.807) is 24.4 Å². The minimum atomic E-state index is -0.706. The van der Waals surface area contributed by atoms with Crippen molar-refractivity contribution in [1.29, 1.82) is 0 Å². The minimum absolute atomic E-state index is 0.0725. The normalized spacial score (nSPS) is 11.0. The number of benzene rings is 1. The first kappa shape index (κ1) is 17.7. The average Bonchev–Trinajstić information content (AvgIpc) is 3.08. The van der Waals surface area contributed by atoms with Crippen LogP contribution >= 0.6 is 12.2 Å². The lowest BCUT2D eigenvalue weighted by Gasteiger charge is -2.15. The molecule has 3 aromatic rings. The molecule has 2 N–H and O–H groups in total. The van der Waals surface area contributed by atoms with E-state index in [0.717, 1.165) is 17.8 Å². The lowest BCUT2D eigenvalue weighted by atomic mass is 10.1. The van der Waals surface area contributed by atoms with Gasteiger partial charge in [-0.1, -0.05) is 6.07 Å². The van der Waals surface area contributed by atoms with Gasteiger partial charge in [-0.2, -0.15) is 5.10 Å². The zero-order valence-corrected chi connectivity index (χ0v) is 14.3. The molecule has 2 aromatic heterocycles. The maximum absolute atomic E-state index is 13.8. The second-order valence-corrected chi connectivity index (χ2v) is 5.71. The summed E-state index contributed by atoms with van der Waals surface area (Å²) in [6.45, 7) is 0.298. The molecule has 0 saturated carbocycles. The number of aromatic nitrogens is 1. The van der Waals surface area contributed by atoms with Crippen LogP contribution in [0.5, 0.6) is 0 Å². The number of hydrogen-bond donors (Lipinski definition) is 1. The van der Waals surface area contributed by atoms with Crippen molar-refractivity contribution in [3.63, 3.8) is 0 Å². The van der Waals surface area contributed by atoms with Crippen LogP contribution in [0.2, 0.25) is 0 Å². The molecule has 132 valence electrons. The number of hydrogen-bond acceptors (Lipinski definition) is 4. The quantitative estimate of drug-likeness (QED) is 0.420. The van der Waals surface area contributed by atoms with E-state index in [-0.39, 0.29) is 16.4 Å². The highest BCUT2D eigenvalue weighted by atomic mass is 32.1. The van der Waals surface area contributed by atoms with E-state index in [1.165, 1.54) is 17.3 Å². The Hall–Kier alpha value is -3.13. The lowest BCUT2D eigenvalue weighted by molar-refractivity contribution is 0.436. The Morgan fingerprint density at radius 1 is 1.23 bits per heavy atom. The second-order valence-electron chi connectivity index (χ2n) is 5.29. The average molecular weight is 372 g/mol. The van der Waals surface area contributed by atoms with Gasteiger partial charge >= 0.3 is 0 Å². The molecule has 0 aliphatic heterocycles. The Morgan fingerprint density at radius 2 is 2.08 bits per heavy atom. The molecule has 0 radical (unpaired) electrons. The van der Waals surface area contributed by atoms with E-state index in [9.17, 15) is 8.78 Å². The third kappa shape index (κ3) is 4.28. The van der Waals surface area contributed by atoms with Gasteiger partial charge in [-0.15, -0.1) is 0 Å². The van der Waals surface area contributed by atoms with Gasteiger partial charge in [0.2, 0.25) is 0 Å². The molecule has 0 amide bonds. The summed E-state index contributed by atoms with van der Waals surface area (Å²) in [5.41, 5.74) is 6.58. The van der Waals surface area contributed by atoms with Crippen molar-refractivity contribution < 1.29 is 13.2 Å². The van der Waals surface area contributed by atoms with Crippen LogP contribution in [0.3, 0.4) is 0 Å². The van der Waals surface area contributed by atoms with Crippen molar-refractivity contribution in [2.24, 2.45) is 10.8 Å². The van der Waals surface area contributed by atoms with Crippen molar-refractivity contribution in [1.82, 2.24) is 9.99 Å². The zero-order chi connectivity index (χ0) is 18.5. The maximum atomic E-state index is 13.8. The number of rotatable bonds is 5. The van der Waals surface area contributed by atoms with E-state index >= 15 is 0 Å². The molecule has 2 heterocycles. The molecule has 0 fully saturated rings. The van der Waals surface area contributed by atoms with Crippen LogP contribution in [0, 0.1) is 11.6 Å². The molecule has 26 heavy (non-hydrogen) atoms. The highest BCUT2D eigenvalue weighted by molar-refractivity contribution is 7.80. The Labute approximate surface area is 153 Å². The van der Waals surface area contributed by atoms with Crippen molar-refractivity contribution in [2.75, 3.05) is 0 Å². The fourth-order valence-corrected chi connectivity index (χ4v) is 2.32. The lowest BCUT2D eigenvalue weighted by Crippen LogP contribution is -2.30. The Bertz CT molecular complexity index is 943. The summed E-state index contributed by atoms with van der Waals surface area (Å²) < 4.78 is 32.4. The van der Waals surface area contributed by atoms with Gasteiger partial charge in [-0.05, 0) is 48.6 Å². The van der Waals surface area contributed by atoms with Crippen LogP contribution in [0.15, 0.2) is 64.2 Å². The number of pyridine rings is 1. The minimum Gasteiger partial charge on any atom is -0.455 e. The van der Waals surface area contributed by atoms with Crippen LogP contribution < -0.4 is 5.73 Å². The van der Waals surface area contributed by atoms with Gasteiger partial charge in [0.05, 0.1) is 24.0 Å². The van der Waals surface area contributed by atoms with E-state index in [1.807, 2.05) is 12.1 Å². The molecule has 8 heteroatoms. The van der Waals surface area contributed by atoms with Gasteiger partial charge in [-0.3, -0.25) is 4.98 Å². The van der Waals surface area contributed by atoms with Crippen LogP contribution in [0.25, 0.3) is 11.3 Å². The first-order valence-electron chi connectivity index (χ1n) is 7.59. The molecule has 5 nitrogen and oxygen atoms in total. The molecule has 3 rings (SSSR count). The van der Waals surface area contributed by atoms with Crippen LogP contribution in [-0.2, 0) is 6.54 Å². The topological polar surface area (TPSA) is 67.7 Å². The summed E-state index contributed by atoms with van der Waals surface area (Å²) in [6.07, 6.45) is 3.07. The monoisotopic (exact) mass is 372 g/mol. The molecule has 0 bridgehead atoms. The number of furan rings is 1. The van der Waals surface area contributed by atoms with Crippen LogP contribution in [0.4, 0.5) is 8.78 Å². The first-order valence-corrected chi connectivity index (χ1v) is 8.00. The highest BCUT2D eigenvalue weighted by Crippen LogP contribution is 2.25. The fourth-order valence-electron chi connectivity index (χ4n) is 2.20. The number of thiocarbonyl (C=S) groups is 1. The third-order valence-electron chi connectivity index (χ3n) is 3.44. The molecule has 0 atom stereocenters. The first-order chi connectivity index (χ1) is 12.5. The highest BCUT2D eigenvalue weighted by Gasteiger charge is 2.11. The summed E-state index contributed by atoms with van der Waals surface area (Å²) in [5, 5.41) is 5.65. The van der Waals surface area contributed by atoms with Gasteiger partial charge in [0.1, 0.15) is 23.2 Å². The van der Waals surface area contributed by atoms with E-state index < -0.39 is 11.6 Å². The molecule has 0 aliphatic rings. The van der Waals surface area contributed by atoms with Crippen molar-refractivity contribution in [3.05, 3.63) is 77.8 Å². The number of nitrogens with zero attached hydrogens (tertiary/aromatic N) is 3. The Balaban J connectivity index is 1.77. The fraction of sp³-hybridized carbons (Fsp3) is 0.0556. The largest absolute Gasteiger partial charge is 0.455 e. The van der Waals surface area contributed by atoms with Gasteiger partial charge in [0.25, 0.3) is 0 Å². The Kier molecular flexibility index (Phi) is 5.33. The predicted octanol–water partition coefficient (Wildman–Crippen LogP) is 3.70. The molecule has 0 unspecified atom stereocenters. The van der Waals surface area contributed by atoms with Gasteiger partial charge < -0.3 is 10.2 Å². The van der Waals surface area contributed by atoms with Gasteiger partial charge in [0.15, 0.2) is 5.11 Å². The molecular formula is C18H14F2N4OS. The van der Waals surface area contributed by atoms with Crippen LogP contribution in [-0.4, -0.2) is 21.3 Å². The molecule has 0 spiro atoms. The summed E-state index contributed by atoms with van der Waals surface area (Å²) in [5.74, 6) is -0.731. The van der Waals surface area contributed by atoms with E-state index in [2.05, 4.69) is 10.1 Å². The smallest absolute Gasteiger partial charge is 0.187 e. The van der Waals surface area contributed by atoms with Crippen LogP contribution in [0.1, 0.15) is 11.5 Å². The second kappa shape index (κ2) is 7.83. The van der Waals surface area contributed by atoms with Crippen molar-refractivity contribution in [2.45, 2.75) is 6.54 Å². The molecule has 0 aliphatic carbocycles. The Morgan fingerprint density at radius 3 is 2.77 bits per heavy atom. The molecule has 0 saturated heterocycles. The summed E-state index contributed by atoms with van der Waals surface area (Å²) in [7, 11) is 0. The summed E-state index contributed by atoms with van der Waals surface area (Å²) in [4.78, 5) is 4.19. The SMILES string of the molecule is NC(=S)N(Cc1ccccn1)N=Cc1ccc(-c2ccc(F)cc2F)o1. The van der Waals surface area contributed by atoms with E-state index in [4.69, 9.17) is 22.4 Å². The zero-order valence-electron chi connectivity index (χ0n) is 13.5. The molecule has 1 aromatic carbocycles. The predicted molar refractivity (Wildman–Crippen MR) is 98.2 cm³/mol. The van der Waals surface area contributed by atoms with E-state index in [0.29, 0.717) is 12.3 Å². The van der Waals surface area contributed by atoms with Gasteiger partial charge in [0, 0.05) is 12.3 Å². The number of nitrogens with two attached hydrogens (primary N) is 1. The third-order valence-corrected chi connectivity index (χ3v) is 3.65. The number of halogens is 2. The summed E-state index contributed by atoms with van der Waals surface area (Å²) in [6, 6.07) is 11.9. The molecular weight excluding hydrogens is 358 g/mol. The number of hydrazone groups is 1. The summed E-state index contributed by atoms with van der Waals surface area (Å²) >= 11 is 4.99. The van der Waals surface area contributed by atoms with Crippen molar-refractivity contribution >= 4 is 23.5 Å². The maximum Gasteiger partial charge on any atom is 0.187 e. The van der Waals surface area contributed by atoms with Gasteiger partial charge in [-0.25, -0.2) is 13.8 Å².